The summed E-state index contributed by atoms with van der Waals surface area (Å²) in [5, 5.41) is 20.4. The lowest BCUT2D eigenvalue weighted by atomic mass is 9.52. The van der Waals surface area contributed by atoms with Crippen LogP contribution in [0.15, 0.2) is 0 Å². The van der Waals surface area contributed by atoms with Gasteiger partial charge in [-0.2, -0.15) is 0 Å². The quantitative estimate of drug-likeness (QED) is 0.688. The van der Waals surface area contributed by atoms with E-state index >= 15 is 0 Å². The van der Waals surface area contributed by atoms with Crippen LogP contribution in [0.5, 0.6) is 0 Å². The lowest BCUT2D eigenvalue weighted by molar-refractivity contribution is -0.272. The first-order valence-corrected chi connectivity index (χ1v) is 7.71. The van der Waals surface area contributed by atoms with Crippen molar-refractivity contribution in [3.05, 3.63) is 0 Å². The summed E-state index contributed by atoms with van der Waals surface area (Å²) in [5.74, 6) is 0. The minimum absolute atomic E-state index is 0.00808. The highest BCUT2D eigenvalue weighted by molar-refractivity contribution is 5.29. The molecular formula is C15H22O5. The van der Waals surface area contributed by atoms with Crippen molar-refractivity contribution in [2.45, 2.75) is 75.3 Å². The highest BCUT2D eigenvalue weighted by Gasteiger charge is 2.85. The van der Waals surface area contributed by atoms with Gasteiger partial charge in [0.1, 0.15) is 11.7 Å². The molecule has 1 unspecified atom stereocenters. The Balaban J connectivity index is 1.63. The molecule has 0 aromatic carbocycles. The van der Waals surface area contributed by atoms with E-state index in [1.54, 1.807) is 0 Å². The third-order valence-corrected chi connectivity index (χ3v) is 7.21. The fourth-order valence-corrected chi connectivity index (χ4v) is 5.93. The van der Waals surface area contributed by atoms with Crippen LogP contribution in [0.4, 0.5) is 0 Å². The van der Waals surface area contributed by atoms with E-state index in [0.717, 1.165) is 19.3 Å². The second kappa shape index (κ2) is 3.10. The van der Waals surface area contributed by atoms with Crippen molar-refractivity contribution in [2.24, 2.45) is 10.8 Å². The molecule has 0 radical (unpaired) electrons. The Morgan fingerprint density at radius 3 is 2.65 bits per heavy atom. The van der Waals surface area contributed by atoms with Crippen molar-refractivity contribution in [3.8, 4) is 0 Å². The number of aliphatic hydroxyl groups is 2. The van der Waals surface area contributed by atoms with E-state index in [2.05, 4.69) is 6.92 Å². The van der Waals surface area contributed by atoms with Crippen molar-refractivity contribution >= 4 is 0 Å². The van der Waals surface area contributed by atoms with E-state index in [4.69, 9.17) is 14.2 Å². The van der Waals surface area contributed by atoms with Crippen molar-refractivity contribution < 1.29 is 24.4 Å². The zero-order valence-electron chi connectivity index (χ0n) is 12.0. The lowest BCUT2D eigenvalue weighted by Crippen LogP contribution is -2.58. The summed E-state index contributed by atoms with van der Waals surface area (Å²) < 4.78 is 18.2. The van der Waals surface area contributed by atoms with Crippen LogP contribution in [0, 0.1) is 10.8 Å². The Kier molecular flexibility index (Phi) is 1.92. The molecule has 20 heavy (non-hydrogen) atoms. The van der Waals surface area contributed by atoms with Crippen LogP contribution < -0.4 is 0 Å². The molecule has 2 aliphatic carbocycles. The largest absolute Gasteiger partial charge is 0.393 e. The summed E-state index contributed by atoms with van der Waals surface area (Å²) in [6.45, 7) is 4.15. The molecule has 5 heteroatoms. The third kappa shape index (κ3) is 1.00. The molecule has 4 aliphatic heterocycles. The van der Waals surface area contributed by atoms with Gasteiger partial charge in [-0.3, -0.25) is 0 Å². The van der Waals surface area contributed by atoms with Gasteiger partial charge in [-0.1, -0.05) is 6.92 Å². The first-order valence-electron chi connectivity index (χ1n) is 7.71. The monoisotopic (exact) mass is 282 g/mol. The molecule has 6 fully saturated rings. The van der Waals surface area contributed by atoms with Gasteiger partial charge in [0.15, 0.2) is 6.29 Å². The van der Waals surface area contributed by atoms with Gasteiger partial charge in [0.2, 0.25) is 0 Å². The molecule has 5 nitrogen and oxygen atoms in total. The van der Waals surface area contributed by atoms with Crippen molar-refractivity contribution in [2.75, 3.05) is 6.61 Å². The van der Waals surface area contributed by atoms with Crippen LogP contribution in [0.1, 0.15) is 39.5 Å². The van der Waals surface area contributed by atoms with Crippen molar-refractivity contribution in [3.63, 3.8) is 0 Å². The number of rotatable bonds is 1. The normalized spacial score (nSPS) is 69.6. The Bertz CT molecular complexity index is 493. The molecule has 8 atom stereocenters. The highest BCUT2D eigenvalue weighted by Crippen LogP contribution is 2.76. The molecule has 0 aromatic heterocycles. The van der Waals surface area contributed by atoms with Gasteiger partial charge in [-0.05, 0) is 26.2 Å². The zero-order valence-corrected chi connectivity index (χ0v) is 12.0. The zero-order chi connectivity index (χ0) is 14.0. The first kappa shape index (κ1) is 12.4. The van der Waals surface area contributed by atoms with Crippen molar-refractivity contribution in [1.29, 1.82) is 0 Å². The van der Waals surface area contributed by atoms with Crippen LogP contribution in [-0.4, -0.2) is 52.6 Å². The minimum atomic E-state index is -0.738. The summed E-state index contributed by atoms with van der Waals surface area (Å²) in [4.78, 5) is 0. The predicted molar refractivity (Wildman–Crippen MR) is 67.9 cm³/mol. The van der Waals surface area contributed by atoms with Crippen LogP contribution in [-0.2, 0) is 14.2 Å². The highest BCUT2D eigenvalue weighted by atomic mass is 16.7. The van der Waals surface area contributed by atoms with Gasteiger partial charge in [0, 0.05) is 11.8 Å². The second-order valence-electron chi connectivity index (χ2n) is 7.98. The van der Waals surface area contributed by atoms with Crippen LogP contribution in [0.25, 0.3) is 0 Å². The fraction of sp³-hybridized carbons (Fsp3) is 1.00. The molecule has 4 saturated heterocycles. The number of epoxide rings is 1. The second-order valence-corrected chi connectivity index (χ2v) is 7.98. The van der Waals surface area contributed by atoms with Crippen LogP contribution in [0.2, 0.25) is 0 Å². The Hall–Kier alpha value is -0.200. The summed E-state index contributed by atoms with van der Waals surface area (Å²) in [7, 11) is 0. The molecule has 0 aromatic rings. The molecule has 4 bridgehead atoms. The van der Waals surface area contributed by atoms with E-state index < -0.39 is 11.2 Å². The number of hydrogen-bond donors (Lipinski definition) is 2. The minimum Gasteiger partial charge on any atom is -0.393 e. The van der Waals surface area contributed by atoms with Gasteiger partial charge in [0.05, 0.1) is 29.8 Å². The average molecular weight is 282 g/mol. The Morgan fingerprint density at radius 1 is 1.10 bits per heavy atom. The Morgan fingerprint density at radius 2 is 1.90 bits per heavy atom. The van der Waals surface area contributed by atoms with Crippen LogP contribution in [0.3, 0.4) is 0 Å². The molecule has 4 heterocycles. The topological polar surface area (TPSA) is 71.5 Å². The fourth-order valence-electron chi connectivity index (χ4n) is 5.93. The van der Waals surface area contributed by atoms with E-state index in [1.807, 2.05) is 6.92 Å². The Labute approximate surface area is 118 Å². The summed E-state index contributed by atoms with van der Waals surface area (Å²) >= 11 is 0. The van der Waals surface area contributed by atoms with E-state index in [0.29, 0.717) is 6.42 Å². The number of aliphatic hydroxyl groups excluding tert-OH is 1. The molecule has 2 saturated carbocycles. The predicted octanol–water partition coefficient (Wildman–Crippen LogP) is 0.571. The van der Waals surface area contributed by atoms with Gasteiger partial charge in [0.25, 0.3) is 0 Å². The van der Waals surface area contributed by atoms with E-state index in [1.165, 1.54) is 0 Å². The maximum absolute atomic E-state index is 10.4. The maximum Gasteiger partial charge on any atom is 0.167 e. The van der Waals surface area contributed by atoms with Gasteiger partial charge in [-0.15, -0.1) is 0 Å². The lowest BCUT2D eigenvalue weighted by Gasteiger charge is -2.51. The molecule has 6 aliphatic rings. The smallest absolute Gasteiger partial charge is 0.167 e. The summed E-state index contributed by atoms with van der Waals surface area (Å²) in [5.41, 5.74) is -1.52. The third-order valence-electron chi connectivity index (χ3n) is 7.21. The number of hydrogen-bond acceptors (Lipinski definition) is 5. The maximum atomic E-state index is 10.4. The van der Waals surface area contributed by atoms with Gasteiger partial charge >= 0.3 is 0 Å². The molecule has 2 N–H and O–H groups in total. The van der Waals surface area contributed by atoms with E-state index in [9.17, 15) is 10.2 Å². The van der Waals surface area contributed by atoms with Crippen LogP contribution >= 0.6 is 0 Å². The van der Waals surface area contributed by atoms with Gasteiger partial charge in [-0.25, -0.2) is 0 Å². The molecule has 0 amide bonds. The molecular weight excluding hydrogens is 260 g/mol. The first-order chi connectivity index (χ1) is 9.39. The summed E-state index contributed by atoms with van der Waals surface area (Å²) in [6, 6.07) is 0. The number of fused-ring (bicyclic) bond motifs is 1. The van der Waals surface area contributed by atoms with Gasteiger partial charge < -0.3 is 24.4 Å². The SMILES string of the molecule is C[C@]1(O)CCC2([C@@H]3O[C@@H]4C[C@@](CO)(O3)[C@]2(C)C4)[C@H]2O[C@H]21. The molecule has 1 spiro atoms. The molecule has 6 rings (SSSR count). The number of ether oxygens (including phenoxy) is 3. The van der Waals surface area contributed by atoms with Crippen molar-refractivity contribution in [1.82, 2.24) is 0 Å². The molecule has 112 valence electrons. The summed E-state index contributed by atoms with van der Waals surface area (Å²) in [6.07, 6.45) is 3.10. The average Bonchev–Trinajstić information content (AvgIpc) is 3.14. The van der Waals surface area contributed by atoms with E-state index in [-0.39, 0.29) is 42.0 Å². The standard InChI is InChI=1S/C15H22O5/c1-12(17)3-4-15(10-9(12)19-10)11-18-8-5-13(15,2)14(6-8,7-16)20-11/h8-11,16-17H,3-7H2,1-2H3/t8-,9+,10-,11+,12-,13-,14-,15?/m0/s1.